The monoisotopic (exact) mass is 354 g/mol. The van der Waals surface area contributed by atoms with E-state index in [2.05, 4.69) is 10.1 Å². The van der Waals surface area contributed by atoms with E-state index in [4.69, 9.17) is 20.9 Å². The molecule has 4 nitrogen and oxygen atoms in total. The van der Waals surface area contributed by atoms with Crippen LogP contribution in [0.1, 0.15) is 11.4 Å². The molecule has 0 spiro atoms. The van der Waals surface area contributed by atoms with Gasteiger partial charge in [-0.05, 0) is 36.4 Å². The van der Waals surface area contributed by atoms with Crippen LogP contribution >= 0.6 is 11.6 Å². The summed E-state index contributed by atoms with van der Waals surface area (Å²) in [6, 6.07) is 11.4. The van der Waals surface area contributed by atoms with E-state index in [0.717, 1.165) is 12.1 Å². The Hall–Kier alpha value is -2.54. The summed E-state index contributed by atoms with van der Waals surface area (Å²) in [6.07, 6.45) is -4.44. The molecule has 0 bridgehead atoms. The van der Waals surface area contributed by atoms with E-state index < -0.39 is 11.7 Å². The number of benzene rings is 2. The van der Waals surface area contributed by atoms with Crippen LogP contribution in [0.4, 0.5) is 13.2 Å². The molecule has 8 heteroatoms. The Kier molecular flexibility index (Phi) is 4.44. The second-order valence-corrected chi connectivity index (χ2v) is 5.28. The van der Waals surface area contributed by atoms with Crippen molar-refractivity contribution in [2.45, 2.75) is 12.8 Å². The molecule has 0 amide bonds. The highest BCUT2D eigenvalue weighted by molar-refractivity contribution is 6.30. The van der Waals surface area contributed by atoms with Crippen molar-refractivity contribution in [1.82, 2.24) is 10.1 Å². The van der Waals surface area contributed by atoms with Crippen LogP contribution in [0.2, 0.25) is 5.02 Å². The van der Waals surface area contributed by atoms with E-state index in [-0.39, 0.29) is 23.9 Å². The quantitative estimate of drug-likeness (QED) is 0.662. The molecule has 0 radical (unpaired) electrons. The number of alkyl halides is 3. The third-order valence-electron chi connectivity index (χ3n) is 3.07. The SMILES string of the molecule is FC(F)(F)c1cccc(-c2nc(COc3cccc(Cl)c3)no2)c1. The van der Waals surface area contributed by atoms with E-state index in [9.17, 15) is 13.2 Å². The van der Waals surface area contributed by atoms with Crippen LogP contribution in [0.25, 0.3) is 11.5 Å². The maximum absolute atomic E-state index is 12.7. The van der Waals surface area contributed by atoms with Gasteiger partial charge < -0.3 is 9.26 Å². The van der Waals surface area contributed by atoms with Crippen LogP contribution in [0.15, 0.2) is 53.1 Å². The van der Waals surface area contributed by atoms with Crippen LogP contribution in [-0.4, -0.2) is 10.1 Å². The van der Waals surface area contributed by atoms with Gasteiger partial charge in [-0.15, -0.1) is 0 Å². The maximum Gasteiger partial charge on any atom is 0.416 e. The van der Waals surface area contributed by atoms with Gasteiger partial charge in [-0.3, -0.25) is 0 Å². The molecule has 3 aromatic rings. The summed E-state index contributed by atoms with van der Waals surface area (Å²) in [5.74, 6) is 0.723. The number of hydrogen-bond donors (Lipinski definition) is 0. The molecule has 0 aliphatic carbocycles. The third kappa shape index (κ3) is 3.86. The summed E-state index contributed by atoms with van der Waals surface area (Å²) in [5, 5.41) is 4.22. The molecule has 2 aromatic carbocycles. The number of halogens is 4. The maximum atomic E-state index is 12.7. The summed E-state index contributed by atoms with van der Waals surface area (Å²) in [6.45, 7) is 0.00278. The topological polar surface area (TPSA) is 48.2 Å². The smallest absolute Gasteiger partial charge is 0.416 e. The van der Waals surface area contributed by atoms with Gasteiger partial charge in [0.25, 0.3) is 5.89 Å². The Balaban J connectivity index is 1.74. The van der Waals surface area contributed by atoms with Gasteiger partial charge in [0.1, 0.15) is 5.75 Å². The lowest BCUT2D eigenvalue weighted by Crippen LogP contribution is -2.04. The van der Waals surface area contributed by atoms with Gasteiger partial charge in [0.05, 0.1) is 5.56 Å². The molecule has 0 saturated carbocycles. The van der Waals surface area contributed by atoms with E-state index in [0.29, 0.717) is 10.8 Å². The van der Waals surface area contributed by atoms with Crippen molar-refractivity contribution in [3.8, 4) is 17.2 Å². The molecule has 0 unspecified atom stereocenters. The molecule has 0 N–H and O–H groups in total. The Morgan fingerprint density at radius 2 is 1.88 bits per heavy atom. The standard InChI is InChI=1S/C16H10ClF3N2O2/c17-12-5-2-6-13(8-12)23-9-14-21-15(24-22-14)10-3-1-4-11(7-10)16(18,19)20/h1-8H,9H2. The Labute approximate surface area is 139 Å². The number of ether oxygens (including phenoxy) is 1. The lowest BCUT2D eigenvalue weighted by Gasteiger charge is -2.06. The molecule has 0 saturated heterocycles. The molecule has 3 rings (SSSR count). The zero-order valence-corrected chi connectivity index (χ0v) is 12.8. The van der Waals surface area contributed by atoms with Crippen LogP contribution < -0.4 is 4.74 Å². The fraction of sp³-hybridized carbons (Fsp3) is 0.125. The lowest BCUT2D eigenvalue weighted by molar-refractivity contribution is -0.137. The van der Waals surface area contributed by atoms with E-state index in [1.54, 1.807) is 24.3 Å². The van der Waals surface area contributed by atoms with Gasteiger partial charge >= 0.3 is 6.18 Å². The van der Waals surface area contributed by atoms with Crippen molar-refractivity contribution in [2.24, 2.45) is 0 Å². The predicted octanol–water partition coefficient (Wildman–Crippen LogP) is 4.99. The molecule has 0 aliphatic heterocycles. The zero-order valence-electron chi connectivity index (χ0n) is 12.0. The second-order valence-electron chi connectivity index (χ2n) is 4.84. The van der Waals surface area contributed by atoms with Crippen LogP contribution in [0.3, 0.4) is 0 Å². The first-order chi connectivity index (χ1) is 11.4. The van der Waals surface area contributed by atoms with Gasteiger partial charge in [-0.25, -0.2) is 0 Å². The molecule has 1 heterocycles. The Morgan fingerprint density at radius 3 is 2.62 bits per heavy atom. The van der Waals surface area contributed by atoms with E-state index in [1.165, 1.54) is 12.1 Å². The molecule has 124 valence electrons. The van der Waals surface area contributed by atoms with Crippen molar-refractivity contribution in [1.29, 1.82) is 0 Å². The van der Waals surface area contributed by atoms with Crippen molar-refractivity contribution in [3.05, 3.63) is 64.9 Å². The molecular weight excluding hydrogens is 345 g/mol. The second kappa shape index (κ2) is 6.52. The number of aromatic nitrogens is 2. The minimum absolute atomic E-state index is 0.00278. The predicted molar refractivity (Wildman–Crippen MR) is 80.5 cm³/mol. The van der Waals surface area contributed by atoms with Gasteiger partial charge in [-0.1, -0.05) is 28.9 Å². The molecule has 24 heavy (non-hydrogen) atoms. The molecule has 0 fully saturated rings. The van der Waals surface area contributed by atoms with E-state index >= 15 is 0 Å². The first kappa shape index (κ1) is 16.3. The fourth-order valence-electron chi connectivity index (χ4n) is 1.96. The van der Waals surface area contributed by atoms with Crippen molar-refractivity contribution in [2.75, 3.05) is 0 Å². The van der Waals surface area contributed by atoms with Gasteiger partial charge in [0.15, 0.2) is 6.61 Å². The minimum Gasteiger partial charge on any atom is -0.485 e. The van der Waals surface area contributed by atoms with Crippen LogP contribution in [-0.2, 0) is 12.8 Å². The van der Waals surface area contributed by atoms with Gasteiger partial charge in [0, 0.05) is 10.6 Å². The van der Waals surface area contributed by atoms with Crippen molar-refractivity contribution >= 4 is 11.6 Å². The summed E-state index contributed by atoms with van der Waals surface area (Å²) in [4.78, 5) is 4.04. The summed E-state index contributed by atoms with van der Waals surface area (Å²) >= 11 is 5.84. The third-order valence-corrected chi connectivity index (χ3v) is 3.30. The summed E-state index contributed by atoms with van der Waals surface area (Å²) < 4.78 is 48.6. The van der Waals surface area contributed by atoms with Crippen molar-refractivity contribution < 1.29 is 22.4 Å². The minimum atomic E-state index is -4.44. The average molecular weight is 355 g/mol. The number of nitrogens with zero attached hydrogens (tertiary/aromatic N) is 2. The molecule has 0 aliphatic rings. The molecular formula is C16H10ClF3N2O2. The Bertz CT molecular complexity index is 849. The highest BCUT2D eigenvalue weighted by Crippen LogP contribution is 2.31. The average Bonchev–Trinajstić information content (AvgIpc) is 3.01. The molecule has 0 atom stereocenters. The number of rotatable bonds is 4. The largest absolute Gasteiger partial charge is 0.485 e. The summed E-state index contributed by atoms with van der Waals surface area (Å²) in [5.41, 5.74) is -0.596. The molecule has 1 aromatic heterocycles. The van der Waals surface area contributed by atoms with Crippen LogP contribution in [0.5, 0.6) is 5.75 Å². The number of hydrogen-bond acceptors (Lipinski definition) is 4. The lowest BCUT2D eigenvalue weighted by atomic mass is 10.1. The highest BCUT2D eigenvalue weighted by Gasteiger charge is 2.30. The fourth-order valence-corrected chi connectivity index (χ4v) is 2.14. The van der Waals surface area contributed by atoms with E-state index in [1.807, 2.05) is 0 Å². The van der Waals surface area contributed by atoms with Gasteiger partial charge in [0.2, 0.25) is 5.82 Å². The first-order valence-corrected chi connectivity index (χ1v) is 7.18. The highest BCUT2D eigenvalue weighted by atomic mass is 35.5. The van der Waals surface area contributed by atoms with Crippen molar-refractivity contribution in [3.63, 3.8) is 0 Å². The van der Waals surface area contributed by atoms with Crippen LogP contribution in [0, 0.1) is 0 Å². The zero-order chi connectivity index (χ0) is 17.2. The normalized spacial score (nSPS) is 11.5. The Morgan fingerprint density at radius 1 is 1.08 bits per heavy atom. The summed E-state index contributed by atoms with van der Waals surface area (Å²) in [7, 11) is 0. The van der Waals surface area contributed by atoms with Gasteiger partial charge in [-0.2, -0.15) is 18.2 Å². The first-order valence-electron chi connectivity index (χ1n) is 6.80.